The second-order valence-electron chi connectivity index (χ2n) is 7.78. The van der Waals surface area contributed by atoms with Gasteiger partial charge in [0.1, 0.15) is 12.4 Å². The predicted molar refractivity (Wildman–Crippen MR) is 131 cm³/mol. The van der Waals surface area contributed by atoms with Crippen molar-refractivity contribution in [3.8, 4) is 22.9 Å². The molecule has 182 valence electrons. The van der Waals surface area contributed by atoms with E-state index in [0.717, 1.165) is 10.4 Å². The van der Waals surface area contributed by atoms with Crippen molar-refractivity contribution in [3.05, 3.63) is 82.1 Å². The van der Waals surface area contributed by atoms with Crippen molar-refractivity contribution in [1.82, 2.24) is 15.0 Å². The molecular formula is C26H26FN3O4S. The van der Waals surface area contributed by atoms with Gasteiger partial charge in [0.25, 0.3) is 0 Å². The quantitative estimate of drug-likeness (QED) is 0.273. The van der Waals surface area contributed by atoms with Crippen molar-refractivity contribution in [1.29, 1.82) is 0 Å². The molecule has 2 heterocycles. The molecule has 0 fully saturated rings. The van der Waals surface area contributed by atoms with Gasteiger partial charge in [0, 0.05) is 36.4 Å². The summed E-state index contributed by atoms with van der Waals surface area (Å²) in [6, 6.07) is 15.6. The van der Waals surface area contributed by atoms with Crippen LogP contribution >= 0.6 is 11.3 Å². The summed E-state index contributed by atoms with van der Waals surface area (Å²) in [7, 11) is 1.60. The Balaban J connectivity index is 1.33. The maximum Gasteiger partial charge on any atom is 0.227 e. The molecule has 0 unspecified atom stereocenters. The minimum atomic E-state index is -0.333. The minimum Gasteiger partial charge on any atom is -0.493 e. The maximum atomic E-state index is 13.1. The number of amides is 1. The van der Waals surface area contributed by atoms with Crippen molar-refractivity contribution in [2.24, 2.45) is 0 Å². The topological polar surface area (TPSA) is 77.7 Å². The second kappa shape index (κ2) is 11.6. The molecule has 1 amide bonds. The van der Waals surface area contributed by atoms with Crippen LogP contribution in [0, 0.1) is 5.82 Å². The van der Waals surface area contributed by atoms with Crippen LogP contribution in [-0.4, -0.2) is 34.6 Å². The highest BCUT2D eigenvalue weighted by Gasteiger charge is 2.16. The van der Waals surface area contributed by atoms with Crippen LogP contribution in [0.3, 0.4) is 0 Å². The van der Waals surface area contributed by atoms with Gasteiger partial charge in [-0.05, 0) is 60.3 Å². The zero-order chi connectivity index (χ0) is 24.6. The number of halogens is 1. The van der Waals surface area contributed by atoms with Gasteiger partial charge in [-0.25, -0.2) is 4.39 Å². The summed E-state index contributed by atoms with van der Waals surface area (Å²) in [4.78, 5) is 20.1. The monoisotopic (exact) mass is 495 g/mol. The van der Waals surface area contributed by atoms with Gasteiger partial charge in [-0.1, -0.05) is 17.3 Å². The molecule has 0 aliphatic heterocycles. The Morgan fingerprint density at radius 2 is 1.97 bits per heavy atom. The minimum absolute atomic E-state index is 0.0222. The van der Waals surface area contributed by atoms with Gasteiger partial charge in [-0.2, -0.15) is 4.98 Å². The fourth-order valence-electron chi connectivity index (χ4n) is 3.51. The summed E-state index contributed by atoms with van der Waals surface area (Å²) >= 11 is 1.64. The van der Waals surface area contributed by atoms with Gasteiger partial charge in [0.15, 0.2) is 11.5 Å². The van der Waals surface area contributed by atoms with Crippen LogP contribution in [0.15, 0.2) is 64.5 Å². The number of ether oxygens (including phenoxy) is 2. The largest absolute Gasteiger partial charge is 0.493 e. The predicted octanol–water partition coefficient (Wildman–Crippen LogP) is 5.51. The molecule has 9 heteroatoms. The molecule has 4 aromatic rings. The lowest BCUT2D eigenvalue weighted by Crippen LogP contribution is -2.30. The normalized spacial score (nSPS) is 10.8. The molecule has 0 radical (unpaired) electrons. The zero-order valence-electron chi connectivity index (χ0n) is 19.6. The molecular weight excluding hydrogens is 469 g/mol. The Morgan fingerprint density at radius 1 is 1.14 bits per heavy atom. The third-order valence-corrected chi connectivity index (χ3v) is 6.26. The number of rotatable bonds is 11. The molecule has 0 aliphatic carbocycles. The highest BCUT2D eigenvalue weighted by molar-refractivity contribution is 7.09. The molecule has 4 rings (SSSR count). The van der Waals surface area contributed by atoms with E-state index in [0.29, 0.717) is 54.9 Å². The lowest BCUT2D eigenvalue weighted by molar-refractivity contribution is -0.131. The SMILES string of the molecule is CCN(Cc1ccc(OCc2cccs2)c(OC)c1)C(=O)CCc1nc(-c2ccc(F)cc2)no1. The number of hydrogen-bond donors (Lipinski definition) is 0. The van der Waals surface area contributed by atoms with Crippen LogP contribution in [0.2, 0.25) is 0 Å². The van der Waals surface area contributed by atoms with E-state index < -0.39 is 0 Å². The maximum absolute atomic E-state index is 13.1. The molecule has 0 bridgehead atoms. The summed E-state index contributed by atoms with van der Waals surface area (Å²) in [6.45, 7) is 3.42. The highest BCUT2D eigenvalue weighted by atomic mass is 32.1. The van der Waals surface area contributed by atoms with Crippen molar-refractivity contribution in [2.75, 3.05) is 13.7 Å². The van der Waals surface area contributed by atoms with E-state index in [2.05, 4.69) is 10.1 Å². The molecule has 0 atom stereocenters. The van der Waals surface area contributed by atoms with Crippen molar-refractivity contribution >= 4 is 17.2 Å². The average molecular weight is 496 g/mol. The molecule has 0 N–H and O–H groups in total. The van der Waals surface area contributed by atoms with Gasteiger partial charge in [0.2, 0.25) is 17.6 Å². The molecule has 0 aliphatic rings. The fraction of sp³-hybridized carbons (Fsp3) is 0.269. The summed E-state index contributed by atoms with van der Waals surface area (Å²) in [6.07, 6.45) is 0.556. The van der Waals surface area contributed by atoms with E-state index in [1.165, 1.54) is 12.1 Å². The molecule has 0 spiro atoms. The smallest absolute Gasteiger partial charge is 0.227 e. The molecule has 0 saturated heterocycles. The van der Waals surface area contributed by atoms with Gasteiger partial charge < -0.3 is 18.9 Å². The highest BCUT2D eigenvalue weighted by Crippen LogP contribution is 2.30. The number of methoxy groups -OCH3 is 1. The third kappa shape index (κ3) is 6.45. The van der Waals surface area contributed by atoms with Crippen molar-refractivity contribution < 1.29 is 23.2 Å². The summed E-state index contributed by atoms with van der Waals surface area (Å²) in [5.74, 6) is 1.66. The number of nitrogens with zero attached hydrogens (tertiary/aromatic N) is 3. The van der Waals surface area contributed by atoms with E-state index in [1.54, 1.807) is 35.5 Å². The first kappa shape index (κ1) is 24.4. The number of aromatic nitrogens is 2. The number of carbonyl (C=O) groups excluding carboxylic acids is 1. The number of aryl methyl sites for hydroxylation is 1. The summed E-state index contributed by atoms with van der Waals surface area (Å²) in [5, 5.41) is 5.94. The Kier molecular flexibility index (Phi) is 8.10. The first-order valence-electron chi connectivity index (χ1n) is 11.2. The van der Waals surface area contributed by atoms with Gasteiger partial charge in [-0.15, -0.1) is 11.3 Å². The number of hydrogen-bond acceptors (Lipinski definition) is 7. The first-order valence-corrected chi connectivity index (χ1v) is 12.1. The van der Waals surface area contributed by atoms with Crippen molar-refractivity contribution in [3.63, 3.8) is 0 Å². The van der Waals surface area contributed by atoms with E-state index in [1.807, 2.05) is 42.6 Å². The lowest BCUT2D eigenvalue weighted by atomic mass is 10.1. The lowest BCUT2D eigenvalue weighted by Gasteiger charge is -2.21. The number of benzene rings is 2. The van der Waals surface area contributed by atoms with Crippen LogP contribution < -0.4 is 9.47 Å². The van der Waals surface area contributed by atoms with Crippen LogP contribution in [0.1, 0.15) is 29.7 Å². The van der Waals surface area contributed by atoms with Crippen LogP contribution in [0.25, 0.3) is 11.4 Å². The van der Waals surface area contributed by atoms with E-state index in [9.17, 15) is 9.18 Å². The Labute approximate surface area is 207 Å². The van der Waals surface area contributed by atoms with Gasteiger partial charge in [-0.3, -0.25) is 4.79 Å². The number of thiophene rings is 1. The Bertz CT molecular complexity index is 1240. The van der Waals surface area contributed by atoms with Crippen molar-refractivity contribution in [2.45, 2.75) is 32.9 Å². The second-order valence-corrected chi connectivity index (χ2v) is 8.81. The standard InChI is InChI=1S/C26H26FN3O4S/c1-3-30(16-18-6-11-22(23(15-18)32-2)33-17-21-5-4-14-35-21)25(31)13-12-24-28-26(29-34-24)19-7-9-20(27)10-8-19/h4-11,14-15H,3,12-13,16-17H2,1-2H3. The molecule has 0 saturated carbocycles. The Hall–Kier alpha value is -3.72. The molecule has 2 aromatic heterocycles. The third-order valence-electron chi connectivity index (χ3n) is 5.41. The molecule has 2 aromatic carbocycles. The van der Waals surface area contributed by atoms with E-state index >= 15 is 0 Å². The Morgan fingerprint density at radius 3 is 2.69 bits per heavy atom. The van der Waals surface area contributed by atoms with Crippen LogP contribution in [-0.2, 0) is 24.4 Å². The van der Waals surface area contributed by atoms with Crippen LogP contribution in [0.5, 0.6) is 11.5 Å². The molecule has 7 nitrogen and oxygen atoms in total. The van der Waals surface area contributed by atoms with Crippen LogP contribution in [0.4, 0.5) is 4.39 Å². The van der Waals surface area contributed by atoms with E-state index in [4.69, 9.17) is 14.0 Å². The number of carbonyl (C=O) groups is 1. The molecule has 35 heavy (non-hydrogen) atoms. The summed E-state index contributed by atoms with van der Waals surface area (Å²) in [5.41, 5.74) is 1.59. The summed E-state index contributed by atoms with van der Waals surface area (Å²) < 4.78 is 29.8. The van der Waals surface area contributed by atoms with Gasteiger partial charge >= 0.3 is 0 Å². The fourth-order valence-corrected chi connectivity index (χ4v) is 4.13. The zero-order valence-corrected chi connectivity index (χ0v) is 20.4. The first-order chi connectivity index (χ1) is 17.1. The van der Waals surface area contributed by atoms with Gasteiger partial charge in [0.05, 0.1) is 7.11 Å². The average Bonchev–Trinajstić information content (AvgIpc) is 3.58. The van der Waals surface area contributed by atoms with E-state index in [-0.39, 0.29) is 18.1 Å².